The molecule has 0 amide bonds. The molecule has 1 unspecified atom stereocenters. The highest BCUT2D eigenvalue weighted by molar-refractivity contribution is 7.92. The van der Waals surface area contributed by atoms with Crippen molar-refractivity contribution < 1.29 is 12.8 Å². The molecule has 3 N–H and O–H groups in total. The summed E-state index contributed by atoms with van der Waals surface area (Å²) in [6.07, 6.45) is 0. The Bertz CT molecular complexity index is 746. The molecule has 0 heterocycles. The molecule has 2 aromatic rings. The van der Waals surface area contributed by atoms with Crippen LogP contribution in [0.3, 0.4) is 0 Å². The van der Waals surface area contributed by atoms with Gasteiger partial charge < -0.3 is 5.73 Å². The fraction of sp³-hybridized carbons (Fsp3) is 0.143. The van der Waals surface area contributed by atoms with E-state index in [0.29, 0.717) is 0 Å². The number of hydrogen-bond acceptors (Lipinski definition) is 3. The Kier molecular flexibility index (Phi) is 4.51. The minimum absolute atomic E-state index is 0.0289. The molecule has 0 bridgehead atoms. The quantitative estimate of drug-likeness (QED) is 0.904. The maximum Gasteiger partial charge on any atom is 0.261 e. The van der Waals surface area contributed by atoms with Crippen LogP contribution in [0.4, 0.5) is 10.1 Å². The summed E-state index contributed by atoms with van der Waals surface area (Å²) in [6.45, 7) is 1.80. The molecule has 0 aliphatic rings. The van der Waals surface area contributed by atoms with Crippen LogP contribution in [0, 0.1) is 5.82 Å². The predicted molar refractivity (Wildman–Crippen MR) is 81.3 cm³/mol. The van der Waals surface area contributed by atoms with Crippen LogP contribution in [0.1, 0.15) is 18.5 Å². The highest BCUT2D eigenvalue weighted by atomic mass is 35.5. The van der Waals surface area contributed by atoms with E-state index in [9.17, 15) is 12.8 Å². The Hall–Kier alpha value is -1.63. The van der Waals surface area contributed by atoms with E-state index in [1.54, 1.807) is 19.1 Å². The first-order chi connectivity index (χ1) is 9.79. The summed E-state index contributed by atoms with van der Waals surface area (Å²) >= 11 is 5.62. The van der Waals surface area contributed by atoms with Gasteiger partial charge in [0.2, 0.25) is 0 Å². The highest BCUT2D eigenvalue weighted by Crippen LogP contribution is 2.23. The standard InChI is InChI=1S/C14H14ClFN2O2S/c1-9(17)10-2-5-12(6-3-10)21(19,20)18-14-7-4-11(15)8-13(14)16/h2-9,18H,17H2,1H3. The number of nitrogens with two attached hydrogens (primary N) is 1. The van der Waals surface area contributed by atoms with Gasteiger partial charge in [-0.25, -0.2) is 12.8 Å². The number of benzene rings is 2. The van der Waals surface area contributed by atoms with Crippen LogP contribution in [0.5, 0.6) is 0 Å². The lowest BCUT2D eigenvalue weighted by Crippen LogP contribution is -2.14. The number of anilines is 1. The van der Waals surface area contributed by atoms with Crippen LogP contribution < -0.4 is 10.5 Å². The van der Waals surface area contributed by atoms with E-state index in [0.717, 1.165) is 11.6 Å². The fourth-order valence-electron chi connectivity index (χ4n) is 1.73. The molecule has 21 heavy (non-hydrogen) atoms. The number of nitrogens with one attached hydrogen (secondary N) is 1. The minimum atomic E-state index is -3.87. The third kappa shape index (κ3) is 3.72. The highest BCUT2D eigenvalue weighted by Gasteiger charge is 2.16. The van der Waals surface area contributed by atoms with Crippen molar-refractivity contribution >= 4 is 27.3 Å². The molecule has 0 spiro atoms. The topological polar surface area (TPSA) is 72.2 Å². The van der Waals surface area contributed by atoms with E-state index in [1.807, 2.05) is 0 Å². The molecule has 1 atom stereocenters. The fourth-order valence-corrected chi connectivity index (χ4v) is 2.95. The van der Waals surface area contributed by atoms with Crippen LogP contribution in [0.15, 0.2) is 47.4 Å². The average Bonchev–Trinajstić information content (AvgIpc) is 2.42. The van der Waals surface area contributed by atoms with Crippen LogP contribution in [-0.4, -0.2) is 8.42 Å². The van der Waals surface area contributed by atoms with Gasteiger partial charge in [-0.05, 0) is 42.8 Å². The van der Waals surface area contributed by atoms with Gasteiger partial charge in [0, 0.05) is 11.1 Å². The van der Waals surface area contributed by atoms with Gasteiger partial charge in [-0.2, -0.15) is 0 Å². The molecule has 0 fully saturated rings. The molecule has 0 aromatic heterocycles. The van der Waals surface area contributed by atoms with E-state index in [2.05, 4.69) is 4.72 Å². The Morgan fingerprint density at radius 1 is 1.19 bits per heavy atom. The van der Waals surface area contributed by atoms with Crippen molar-refractivity contribution in [2.24, 2.45) is 5.73 Å². The Morgan fingerprint density at radius 3 is 2.33 bits per heavy atom. The first-order valence-corrected chi connectivity index (χ1v) is 7.99. The van der Waals surface area contributed by atoms with Crippen molar-refractivity contribution in [2.45, 2.75) is 17.9 Å². The minimum Gasteiger partial charge on any atom is -0.324 e. The van der Waals surface area contributed by atoms with Crippen molar-refractivity contribution in [1.29, 1.82) is 0 Å². The van der Waals surface area contributed by atoms with Crippen molar-refractivity contribution in [1.82, 2.24) is 0 Å². The van der Waals surface area contributed by atoms with Gasteiger partial charge in [0.25, 0.3) is 10.0 Å². The second-order valence-corrected chi connectivity index (χ2v) is 6.71. The van der Waals surface area contributed by atoms with Crippen LogP contribution in [-0.2, 0) is 10.0 Å². The predicted octanol–water partition coefficient (Wildman–Crippen LogP) is 3.30. The largest absolute Gasteiger partial charge is 0.324 e. The Balaban J connectivity index is 2.29. The maximum absolute atomic E-state index is 13.6. The summed E-state index contributed by atoms with van der Waals surface area (Å²) in [5.74, 6) is -0.738. The van der Waals surface area contributed by atoms with Gasteiger partial charge in [0.05, 0.1) is 10.6 Å². The van der Waals surface area contributed by atoms with E-state index >= 15 is 0 Å². The lowest BCUT2D eigenvalue weighted by Gasteiger charge is -2.10. The summed E-state index contributed by atoms with van der Waals surface area (Å²) in [5.41, 5.74) is 6.36. The molecule has 0 saturated carbocycles. The first-order valence-electron chi connectivity index (χ1n) is 6.13. The average molecular weight is 329 g/mol. The van der Waals surface area contributed by atoms with Gasteiger partial charge in [-0.15, -0.1) is 0 Å². The normalized spacial score (nSPS) is 13.0. The zero-order valence-electron chi connectivity index (χ0n) is 11.2. The number of halogens is 2. The van der Waals surface area contributed by atoms with Gasteiger partial charge >= 0.3 is 0 Å². The molecule has 0 aliphatic carbocycles. The van der Waals surface area contributed by atoms with E-state index in [-0.39, 0.29) is 21.6 Å². The van der Waals surface area contributed by atoms with Crippen molar-refractivity contribution in [3.8, 4) is 0 Å². The smallest absolute Gasteiger partial charge is 0.261 e. The second kappa shape index (κ2) is 6.01. The van der Waals surface area contributed by atoms with Crippen molar-refractivity contribution in [3.05, 3.63) is 58.9 Å². The Labute approximate surface area is 127 Å². The van der Waals surface area contributed by atoms with E-state index in [4.69, 9.17) is 17.3 Å². The van der Waals surface area contributed by atoms with Gasteiger partial charge in [-0.1, -0.05) is 23.7 Å². The SMILES string of the molecule is CC(N)c1ccc(S(=O)(=O)Nc2ccc(Cl)cc2F)cc1. The Morgan fingerprint density at radius 2 is 1.81 bits per heavy atom. The van der Waals surface area contributed by atoms with Crippen LogP contribution in [0.25, 0.3) is 0 Å². The summed E-state index contributed by atoms with van der Waals surface area (Å²) in [7, 11) is -3.87. The van der Waals surface area contributed by atoms with Gasteiger partial charge in [-0.3, -0.25) is 4.72 Å². The summed E-state index contributed by atoms with van der Waals surface area (Å²) < 4.78 is 40.2. The van der Waals surface area contributed by atoms with E-state index < -0.39 is 15.8 Å². The first kappa shape index (κ1) is 15.8. The van der Waals surface area contributed by atoms with Crippen LogP contribution in [0.2, 0.25) is 5.02 Å². The molecular formula is C14H14ClFN2O2S. The summed E-state index contributed by atoms with van der Waals surface area (Å²) in [6, 6.07) is 9.62. The zero-order chi connectivity index (χ0) is 15.6. The molecule has 7 heteroatoms. The van der Waals surface area contributed by atoms with Crippen LogP contribution >= 0.6 is 11.6 Å². The molecule has 0 radical (unpaired) electrons. The molecular weight excluding hydrogens is 315 g/mol. The third-order valence-corrected chi connectivity index (χ3v) is 4.51. The number of sulfonamides is 1. The van der Waals surface area contributed by atoms with E-state index in [1.165, 1.54) is 24.3 Å². The van der Waals surface area contributed by atoms with Crippen molar-refractivity contribution in [2.75, 3.05) is 4.72 Å². The molecule has 0 aliphatic heterocycles. The number of rotatable bonds is 4. The van der Waals surface area contributed by atoms with Crippen molar-refractivity contribution in [3.63, 3.8) is 0 Å². The zero-order valence-corrected chi connectivity index (χ0v) is 12.7. The second-order valence-electron chi connectivity index (χ2n) is 4.59. The molecule has 2 rings (SSSR count). The lowest BCUT2D eigenvalue weighted by atomic mass is 10.1. The summed E-state index contributed by atoms with van der Waals surface area (Å²) in [4.78, 5) is 0.0289. The third-order valence-electron chi connectivity index (χ3n) is 2.89. The molecule has 0 saturated heterocycles. The molecule has 4 nitrogen and oxygen atoms in total. The summed E-state index contributed by atoms with van der Waals surface area (Å²) in [5, 5.41) is 0.191. The monoisotopic (exact) mass is 328 g/mol. The lowest BCUT2D eigenvalue weighted by molar-refractivity contribution is 0.598. The van der Waals surface area contributed by atoms with Gasteiger partial charge in [0.15, 0.2) is 0 Å². The van der Waals surface area contributed by atoms with Gasteiger partial charge in [0.1, 0.15) is 5.82 Å². The maximum atomic E-state index is 13.6. The number of hydrogen-bond donors (Lipinski definition) is 2. The molecule has 2 aromatic carbocycles. The molecule has 112 valence electrons.